The Balaban J connectivity index is -0.0000000135. The molecule has 0 saturated heterocycles. The van der Waals surface area contributed by atoms with E-state index in [-0.39, 0.29) is 480 Å². The summed E-state index contributed by atoms with van der Waals surface area (Å²) in [6.07, 6.45) is 3.15. The van der Waals surface area contributed by atoms with E-state index in [1.165, 1.54) is 6.42 Å². The van der Waals surface area contributed by atoms with E-state index in [2.05, 4.69) is 73.1 Å². The van der Waals surface area contributed by atoms with Crippen LogP contribution in [-0.4, -0.2) is 188 Å². The Morgan fingerprint density at radius 1 is 0.358 bits per heavy atom. The van der Waals surface area contributed by atoms with Crippen molar-refractivity contribution in [3.63, 3.8) is 0 Å². The van der Waals surface area contributed by atoms with Crippen molar-refractivity contribution in [1.29, 1.82) is 0 Å². The number of rotatable bonds is 18. The van der Waals surface area contributed by atoms with Gasteiger partial charge >= 0.3 is 414 Å². The topological polar surface area (TPSA) is 729 Å². The van der Waals surface area contributed by atoms with Gasteiger partial charge in [-0.3, -0.25) is 13.5 Å². The van der Waals surface area contributed by atoms with E-state index in [1.807, 2.05) is 0 Å². The fourth-order valence-corrected chi connectivity index (χ4v) is 5.25. The molecule has 0 aliphatic carbocycles. The molecule has 63 heteroatoms. The van der Waals surface area contributed by atoms with Crippen LogP contribution >= 0.6 is 75.8 Å². The first-order chi connectivity index (χ1) is 28.4. The number of halogens is 4. The second kappa shape index (κ2) is 162. The van der Waals surface area contributed by atoms with Gasteiger partial charge in [-0.2, -0.15) is 48.3 Å². The molecular formula is C18H48Br4Na14O36S9. The van der Waals surface area contributed by atoms with E-state index in [0.717, 1.165) is 22.4 Å². The van der Waals surface area contributed by atoms with Crippen molar-refractivity contribution in [2.45, 2.75) is 38.5 Å². The van der Waals surface area contributed by atoms with Crippen molar-refractivity contribution in [3.05, 3.63) is 0 Å². The van der Waals surface area contributed by atoms with Crippen LogP contribution in [0.2, 0.25) is 0 Å². The summed E-state index contributed by atoms with van der Waals surface area (Å²) in [4.78, 5) is 0. The van der Waals surface area contributed by atoms with Gasteiger partial charge in [-0.15, -0.1) is 0 Å². The third-order valence-electron chi connectivity index (χ3n) is 2.65. The standard InChI is InChI=1S/C3H6Br2.C3H7BrO3S.C3H7BrO.C3H8O6S2.C3H8O4S.C3H8O2.14Na.H2O4S.4O3S.4H2O/c4-2-1-3-5;4-2-1-3-8(5,6)7;4-2-1-3-5;4-8-9-10-2-1-3-11(5,6)7;4-2-1-3-8(5,6)7;4-2-1-3-5;;;;;;;;;;;;;;;1-5(2,3)4;4*1-4(2)3;;;;/h1-3H2;1-3H2,(H,5,6,7);5H,1-3H2;4H,1-3H2,(H,5,6,7);4H,1-3H2,(H,5,6,7);4-5H,1-3H2;;;;;;;;;;;;;;;(H2,1,2,3,4);;;;;4*1H2/q;;;;;;14*+1;;4*-2;;;;/p-6. The minimum Gasteiger partial charge on any atom is -0.917 e. The van der Waals surface area contributed by atoms with E-state index in [0.29, 0.717) is 36.8 Å². The number of hydrogen-bond acceptors (Lipinski definition) is 37. The molecule has 0 unspecified atom stereocenters. The van der Waals surface area contributed by atoms with E-state index in [9.17, 15) is 38.9 Å². The van der Waals surface area contributed by atoms with E-state index >= 15 is 0 Å². The predicted molar refractivity (Wildman–Crippen MR) is 233 cm³/mol. The monoisotopic (exact) mass is 1770 g/mol. The molecule has 0 aromatic carbocycles. The first-order valence-corrected chi connectivity index (χ1v) is 29.6. The molecule has 0 amide bonds. The summed E-state index contributed by atoms with van der Waals surface area (Å²) in [5.74, 6) is -0.965. The molecule has 432 valence electrons. The molecular weight excluding hydrogens is 1720 g/mol. The first-order valence-electron chi connectivity index (χ1n) is 14.2. The molecule has 0 aliphatic heterocycles. The van der Waals surface area contributed by atoms with Gasteiger partial charge in [0.1, 0.15) is 0 Å². The fraction of sp³-hybridized carbons (Fsp3) is 1.00. The molecule has 0 radical (unpaired) electrons. The number of aliphatic hydroxyl groups is 4. The van der Waals surface area contributed by atoms with Gasteiger partial charge in [0.25, 0.3) is 0 Å². The van der Waals surface area contributed by atoms with Crippen LogP contribution in [0.3, 0.4) is 0 Å². The third kappa shape index (κ3) is 539. The molecule has 0 fully saturated rings. The summed E-state index contributed by atoms with van der Waals surface area (Å²) in [5, 5.41) is 47.7. The second-order valence-corrected chi connectivity index (χ2v) is 18.7. The number of alkyl halides is 4. The summed E-state index contributed by atoms with van der Waals surface area (Å²) in [7, 11) is -29.8. The van der Waals surface area contributed by atoms with Gasteiger partial charge in [-0.25, -0.2) is 25.3 Å². The molecule has 0 heterocycles. The van der Waals surface area contributed by atoms with Gasteiger partial charge in [0.15, 0.2) is 0 Å². The fourth-order valence-electron chi connectivity index (χ4n) is 1.00. The molecule has 0 aromatic heterocycles. The summed E-state index contributed by atoms with van der Waals surface area (Å²) >= 11 is 13.4. The first kappa shape index (κ1) is 193. The zero-order chi connectivity index (χ0) is 53.2. The Hall–Kier alpha value is 15.1. The van der Waals surface area contributed by atoms with Gasteiger partial charge in [-0.05, 0) is 38.5 Å². The third-order valence-corrected chi connectivity index (χ3v) is 7.87. The van der Waals surface area contributed by atoms with Gasteiger partial charge in [0, 0.05) is 93.2 Å². The molecule has 0 atom stereocenters. The Morgan fingerprint density at radius 2 is 0.531 bits per heavy atom. The summed E-state index contributed by atoms with van der Waals surface area (Å²) in [6.45, 7) is 0.236. The average molecular weight is 1770 g/mol. The minimum absolute atomic E-state index is 0. The Labute approximate surface area is 829 Å². The molecule has 0 spiro atoms. The summed E-state index contributed by atoms with van der Waals surface area (Å²) in [6, 6.07) is 0. The zero-order valence-corrected chi connectivity index (χ0v) is 88.8. The molecule has 0 aromatic rings. The van der Waals surface area contributed by atoms with Crippen LogP contribution in [0, 0.1) is 0 Å². The van der Waals surface area contributed by atoms with Crippen LogP contribution < -0.4 is 419 Å². The van der Waals surface area contributed by atoms with Crippen molar-refractivity contribution in [1.82, 2.24) is 0 Å². The van der Waals surface area contributed by atoms with Gasteiger partial charge in [0.2, 0.25) is 0 Å². The molecule has 0 aliphatic rings. The summed E-state index contributed by atoms with van der Waals surface area (Å²) < 4.78 is 228. The van der Waals surface area contributed by atoms with Gasteiger partial charge in [-0.1, -0.05) is 63.7 Å². The van der Waals surface area contributed by atoms with Crippen LogP contribution in [0.15, 0.2) is 0 Å². The number of hydrogen-bond donors (Lipinski definition) is 4. The molecule has 0 saturated carbocycles. The Kier molecular flexibility index (Phi) is 386. The van der Waals surface area contributed by atoms with Crippen LogP contribution in [0.4, 0.5) is 0 Å². The zero-order valence-electron chi connectivity index (χ0n) is 47.1. The largest absolute Gasteiger partial charge is 1.00 e. The van der Waals surface area contributed by atoms with Gasteiger partial charge in [0.05, 0.1) is 30.4 Å². The van der Waals surface area contributed by atoms with Crippen molar-refractivity contribution in [2.75, 3.05) is 70.8 Å². The molecule has 0 rings (SSSR count). The molecule has 0 bridgehead atoms. The van der Waals surface area contributed by atoms with E-state index < -0.39 is 96.2 Å². The van der Waals surface area contributed by atoms with E-state index in [4.69, 9.17) is 95.1 Å². The smallest absolute Gasteiger partial charge is 0.917 e. The maximum Gasteiger partial charge on any atom is 1.00 e. The number of aliphatic hydroxyl groups excluding tert-OH is 4. The van der Waals surface area contributed by atoms with E-state index in [1.54, 1.807) is 0 Å². The molecule has 36 nitrogen and oxygen atoms in total. The maximum atomic E-state index is 9.97. The minimum atomic E-state index is -5.17. The van der Waals surface area contributed by atoms with Crippen molar-refractivity contribution in [2.24, 2.45) is 0 Å². The second-order valence-electron chi connectivity index (χ2n) is 7.74. The summed E-state index contributed by atoms with van der Waals surface area (Å²) in [5.41, 5.74) is 0. The van der Waals surface area contributed by atoms with Crippen molar-refractivity contribution >= 4 is 160 Å². The maximum absolute atomic E-state index is 9.97. The van der Waals surface area contributed by atoms with Crippen LogP contribution in [0.1, 0.15) is 38.5 Å². The molecule has 81 heavy (non-hydrogen) atoms. The SMILES string of the molecule is BrCCCBr.O.O.O.O.O=S(=O)([O-])CCCBr.O=S(=O)([O-])CCCO.O=S(=O)([O-])CCCSOO[O-].O=S(=O)([O-])[O-].O=[S-](=O)[O-].O=[S-](=O)[O-].O=[S-](=O)[O-].O=[S-](=O)[O-].OCCCBr.OCCCO.[Na+].[Na+].[Na+].[Na+].[Na+].[Na+].[Na+].[Na+].[Na+].[Na+].[Na+].[Na+].[Na+].[Na+]. The van der Waals surface area contributed by atoms with Crippen LogP contribution in [0.25, 0.3) is 0 Å². The van der Waals surface area contributed by atoms with Crippen molar-refractivity contribution < 1.29 is 579 Å². The predicted octanol–water partition coefficient (Wildman–Crippen LogP) is -48.6. The van der Waals surface area contributed by atoms with Gasteiger partial charge < -0.3 is 122 Å². The average Bonchev–Trinajstić information content (AvgIpc) is 3.06. The normalized spacial score (nSPS) is 7.88. The Morgan fingerprint density at radius 3 is 0.617 bits per heavy atom. The Bertz CT molecular complexity index is 1520. The quantitative estimate of drug-likeness (QED) is 0.00946. The van der Waals surface area contributed by atoms with Crippen LogP contribution in [0.5, 0.6) is 0 Å². The van der Waals surface area contributed by atoms with Crippen molar-refractivity contribution in [3.8, 4) is 0 Å². The molecule has 12 N–H and O–H groups in total. The van der Waals surface area contributed by atoms with Crippen LogP contribution in [-0.2, 0) is 128 Å².